The summed E-state index contributed by atoms with van der Waals surface area (Å²) in [5, 5.41) is 8.63. The van der Waals surface area contributed by atoms with Crippen LogP contribution in [0.4, 0.5) is 0 Å². The Morgan fingerprint density at radius 2 is 2.00 bits per heavy atom. The highest BCUT2D eigenvalue weighted by molar-refractivity contribution is 5.94. The predicted molar refractivity (Wildman–Crippen MR) is 71.2 cm³/mol. The Hall–Kier alpha value is -1.64. The van der Waals surface area contributed by atoms with Crippen molar-refractivity contribution in [2.45, 2.75) is 34.1 Å². The fraction of sp³-hybridized carbons (Fsp3) is 0.467. The molecule has 0 bridgehead atoms. The van der Waals surface area contributed by atoms with E-state index in [2.05, 4.69) is 0 Å². The molecule has 0 aromatic rings. The van der Waals surface area contributed by atoms with E-state index in [1.807, 2.05) is 32.9 Å². The monoisotopic (exact) mass is 248 g/mol. The molecule has 18 heavy (non-hydrogen) atoms. The lowest BCUT2D eigenvalue weighted by atomic mass is 9.67. The minimum atomic E-state index is -0.979. The van der Waals surface area contributed by atoms with Crippen LogP contribution in [-0.4, -0.2) is 16.9 Å². The lowest BCUT2D eigenvalue weighted by Crippen LogP contribution is -2.38. The highest BCUT2D eigenvalue weighted by Gasteiger charge is 2.40. The van der Waals surface area contributed by atoms with E-state index in [1.54, 1.807) is 19.1 Å². The molecule has 1 rings (SSSR count). The van der Waals surface area contributed by atoms with Gasteiger partial charge in [0.05, 0.1) is 5.41 Å². The molecule has 1 N–H and O–H groups in total. The summed E-state index contributed by atoms with van der Waals surface area (Å²) in [5.41, 5.74) is -0.388. The molecule has 0 heterocycles. The molecule has 1 atom stereocenters. The molecule has 0 radical (unpaired) electrons. The van der Waals surface area contributed by atoms with Crippen molar-refractivity contribution < 1.29 is 14.7 Å². The van der Waals surface area contributed by atoms with Crippen molar-refractivity contribution in [2.24, 2.45) is 10.8 Å². The normalized spacial score (nSPS) is 27.8. The Morgan fingerprint density at radius 3 is 2.56 bits per heavy atom. The van der Waals surface area contributed by atoms with Gasteiger partial charge in [0.1, 0.15) is 0 Å². The molecule has 0 aromatic carbocycles. The lowest BCUT2D eigenvalue weighted by molar-refractivity contribution is -0.133. The van der Waals surface area contributed by atoms with Crippen LogP contribution >= 0.6 is 0 Å². The van der Waals surface area contributed by atoms with Crippen LogP contribution < -0.4 is 0 Å². The van der Waals surface area contributed by atoms with Crippen LogP contribution in [-0.2, 0) is 9.59 Å². The standard InChI is InChI=1S/C15H20O3/c1-11(10-12(16)17)6-9-15(4)8-5-7-14(2,3)13(15)18/h5-6,8-10H,7H2,1-4H3,(H,16,17). The number of hydrogen-bond acceptors (Lipinski definition) is 2. The van der Waals surface area contributed by atoms with E-state index in [-0.39, 0.29) is 11.2 Å². The maximum atomic E-state index is 12.4. The van der Waals surface area contributed by atoms with Crippen molar-refractivity contribution in [3.8, 4) is 0 Å². The highest BCUT2D eigenvalue weighted by atomic mass is 16.4. The summed E-state index contributed by atoms with van der Waals surface area (Å²) in [6, 6.07) is 0. The second kappa shape index (κ2) is 4.92. The second-order valence-corrected chi connectivity index (χ2v) is 5.66. The van der Waals surface area contributed by atoms with Crippen molar-refractivity contribution in [1.82, 2.24) is 0 Å². The first-order valence-electron chi connectivity index (χ1n) is 6.00. The molecule has 1 aliphatic rings. The summed E-state index contributed by atoms with van der Waals surface area (Å²) in [6.07, 6.45) is 9.26. The highest BCUT2D eigenvalue weighted by Crippen LogP contribution is 2.39. The summed E-state index contributed by atoms with van der Waals surface area (Å²) < 4.78 is 0. The zero-order chi connectivity index (χ0) is 14.0. The van der Waals surface area contributed by atoms with Gasteiger partial charge < -0.3 is 5.11 Å². The average Bonchev–Trinajstić information content (AvgIpc) is 2.22. The van der Waals surface area contributed by atoms with Crippen LogP contribution in [0.15, 0.2) is 36.0 Å². The van der Waals surface area contributed by atoms with Gasteiger partial charge in [-0.05, 0) is 25.8 Å². The summed E-state index contributed by atoms with van der Waals surface area (Å²) in [4.78, 5) is 22.9. The molecule has 0 saturated carbocycles. The van der Waals surface area contributed by atoms with Gasteiger partial charge >= 0.3 is 5.97 Å². The van der Waals surface area contributed by atoms with Crippen molar-refractivity contribution in [3.05, 3.63) is 36.0 Å². The fourth-order valence-electron chi connectivity index (χ4n) is 2.17. The first kappa shape index (κ1) is 14.4. The maximum Gasteiger partial charge on any atom is 0.328 e. The van der Waals surface area contributed by atoms with Gasteiger partial charge in [0.15, 0.2) is 5.78 Å². The molecule has 0 amide bonds. The molecule has 3 heteroatoms. The Labute approximate surface area is 108 Å². The smallest absolute Gasteiger partial charge is 0.328 e. The molecule has 0 aromatic heterocycles. The number of carbonyl (C=O) groups is 2. The van der Waals surface area contributed by atoms with Gasteiger partial charge in [0, 0.05) is 11.5 Å². The summed E-state index contributed by atoms with van der Waals surface area (Å²) in [6.45, 7) is 7.43. The molecule has 1 aliphatic carbocycles. The molecular formula is C15H20O3. The average molecular weight is 248 g/mol. The topological polar surface area (TPSA) is 54.4 Å². The largest absolute Gasteiger partial charge is 0.478 e. The molecule has 98 valence electrons. The summed E-state index contributed by atoms with van der Waals surface area (Å²) in [7, 11) is 0. The van der Waals surface area contributed by atoms with Crippen molar-refractivity contribution in [1.29, 1.82) is 0 Å². The number of Topliss-reactive ketones (excluding diaryl/α,β-unsaturated/α-hetero) is 1. The molecule has 0 fully saturated rings. The van der Waals surface area contributed by atoms with E-state index >= 15 is 0 Å². The van der Waals surface area contributed by atoms with Gasteiger partial charge in [0.2, 0.25) is 0 Å². The molecule has 0 saturated heterocycles. The molecule has 0 aliphatic heterocycles. The quantitative estimate of drug-likeness (QED) is 0.474. The Balaban J connectivity index is 2.99. The minimum Gasteiger partial charge on any atom is -0.478 e. The third-order valence-corrected chi connectivity index (χ3v) is 3.24. The Morgan fingerprint density at radius 1 is 1.39 bits per heavy atom. The van der Waals surface area contributed by atoms with Crippen LogP contribution in [0, 0.1) is 10.8 Å². The SMILES string of the molecule is CC(C=CC1(C)C=CCC(C)(C)C1=O)=CC(=O)O. The first-order chi connectivity index (χ1) is 8.17. The Kier molecular flexibility index (Phi) is 3.95. The predicted octanol–water partition coefficient (Wildman–Crippen LogP) is 3.14. The number of carbonyl (C=O) groups excluding carboxylic acids is 1. The molecule has 1 unspecified atom stereocenters. The number of allylic oxidation sites excluding steroid dienone is 5. The Bertz CT molecular complexity index is 452. The zero-order valence-electron chi connectivity index (χ0n) is 11.4. The third-order valence-electron chi connectivity index (χ3n) is 3.24. The minimum absolute atomic E-state index is 0.164. The van der Waals surface area contributed by atoms with Gasteiger partial charge in [-0.1, -0.05) is 38.2 Å². The summed E-state index contributed by atoms with van der Waals surface area (Å²) in [5.74, 6) is -0.815. The van der Waals surface area contributed by atoms with Gasteiger partial charge in [-0.3, -0.25) is 4.79 Å². The number of rotatable bonds is 3. The molecule has 3 nitrogen and oxygen atoms in total. The number of carboxylic acid groups (broad SMARTS) is 1. The van der Waals surface area contributed by atoms with Gasteiger partial charge in [-0.25, -0.2) is 4.79 Å². The van der Waals surface area contributed by atoms with E-state index in [1.165, 1.54) is 0 Å². The first-order valence-corrected chi connectivity index (χ1v) is 6.00. The maximum absolute atomic E-state index is 12.4. The van der Waals surface area contributed by atoms with Crippen LogP contribution in [0.25, 0.3) is 0 Å². The van der Waals surface area contributed by atoms with Crippen molar-refractivity contribution >= 4 is 11.8 Å². The van der Waals surface area contributed by atoms with Gasteiger partial charge in [-0.2, -0.15) is 0 Å². The molecule has 0 spiro atoms. The molecular weight excluding hydrogens is 228 g/mol. The van der Waals surface area contributed by atoms with Crippen molar-refractivity contribution in [3.63, 3.8) is 0 Å². The van der Waals surface area contributed by atoms with Crippen LogP contribution in [0.2, 0.25) is 0 Å². The van der Waals surface area contributed by atoms with E-state index in [9.17, 15) is 9.59 Å². The van der Waals surface area contributed by atoms with E-state index in [4.69, 9.17) is 5.11 Å². The summed E-state index contributed by atoms with van der Waals surface area (Å²) >= 11 is 0. The lowest BCUT2D eigenvalue weighted by Gasteiger charge is -2.35. The number of carboxylic acids is 1. The van der Waals surface area contributed by atoms with Gasteiger partial charge in [-0.15, -0.1) is 0 Å². The number of ketones is 1. The van der Waals surface area contributed by atoms with Crippen LogP contribution in [0.1, 0.15) is 34.1 Å². The van der Waals surface area contributed by atoms with E-state index in [0.29, 0.717) is 5.57 Å². The van der Waals surface area contributed by atoms with E-state index < -0.39 is 11.4 Å². The fourth-order valence-corrected chi connectivity index (χ4v) is 2.17. The number of aliphatic carboxylic acids is 1. The zero-order valence-corrected chi connectivity index (χ0v) is 11.4. The second-order valence-electron chi connectivity index (χ2n) is 5.66. The third kappa shape index (κ3) is 3.19. The number of hydrogen-bond donors (Lipinski definition) is 1. The van der Waals surface area contributed by atoms with Crippen molar-refractivity contribution in [2.75, 3.05) is 0 Å². The van der Waals surface area contributed by atoms with Gasteiger partial charge in [0.25, 0.3) is 0 Å². The van der Waals surface area contributed by atoms with Crippen LogP contribution in [0.3, 0.4) is 0 Å². The van der Waals surface area contributed by atoms with E-state index in [0.717, 1.165) is 12.5 Å². The van der Waals surface area contributed by atoms with Crippen LogP contribution in [0.5, 0.6) is 0 Å².